The van der Waals surface area contributed by atoms with Crippen molar-refractivity contribution >= 4 is 11.4 Å². The summed E-state index contributed by atoms with van der Waals surface area (Å²) in [6.45, 7) is 2.67. The van der Waals surface area contributed by atoms with Crippen molar-refractivity contribution in [1.82, 2.24) is 0 Å². The molecule has 0 bridgehead atoms. The van der Waals surface area contributed by atoms with Gasteiger partial charge >= 0.3 is 0 Å². The standard InChI is InChI=1S/C13H20N2O2/c1-16-11-4-5-13(12(14)7-11)15-8-10-3-2-6-17-9-10/h4-5,7,10,15H,2-3,6,8-9,14H2,1H3. The zero-order valence-electron chi connectivity index (χ0n) is 10.2. The Bertz CT molecular complexity index is 362. The number of rotatable bonds is 4. The van der Waals surface area contributed by atoms with Crippen LogP contribution in [-0.2, 0) is 4.74 Å². The van der Waals surface area contributed by atoms with Gasteiger partial charge in [-0.15, -0.1) is 0 Å². The molecule has 0 amide bonds. The summed E-state index contributed by atoms with van der Waals surface area (Å²) < 4.78 is 10.6. The first-order chi connectivity index (χ1) is 8.29. The highest BCUT2D eigenvalue weighted by atomic mass is 16.5. The number of hydrogen-bond acceptors (Lipinski definition) is 4. The van der Waals surface area contributed by atoms with Gasteiger partial charge in [0.2, 0.25) is 0 Å². The van der Waals surface area contributed by atoms with E-state index in [2.05, 4.69) is 5.32 Å². The van der Waals surface area contributed by atoms with Crippen LogP contribution in [0.3, 0.4) is 0 Å². The van der Waals surface area contributed by atoms with Crippen molar-refractivity contribution in [3.05, 3.63) is 18.2 Å². The molecule has 1 heterocycles. The fourth-order valence-corrected chi connectivity index (χ4v) is 2.05. The quantitative estimate of drug-likeness (QED) is 0.786. The molecule has 0 spiro atoms. The average Bonchev–Trinajstić information content (AvgIpc) is 2.38. The third-order valence-corrected chi connectivity index (χ3v) is 3.09. The van der Waals surface area contributed by atoms with E-state index in [0.717, 1.165) is 43.3 Å². The van der Waals surface area contributed by atoms with E-state index in [1.54, 1.807) is 7.11 Å². The first-order valence-corrected chi connectivity index (χ1v) is 6.04. The molecule has 0 radical (unpaired) electrons. The van der Waals surface area contributed by atoms with Crippen LogP contribution in [0.4, 0.5) is 11.4 Å². The molecular formula is C13H20N2O2. The highest BCUT2D eigenvalue weighted by Crippen LogP contribution is 2.24. The van der Waals surface area contributed by atoms with Gasteiger partial charge in [-0.05, 0) is 30.9 Å². The molecule has 1 aromatic carbocycles. The molecule has 4 nitrogen and oxygen atoms in total. The van der Waals surface area contributed by atoms with E-state index in [-0.39, 0.29) is 0 Å². The molecular weight excluding hydrogens is 216 g/mol. The molecule has 1 aliphatic heterocycles. The highest BCUT2D eigenvalue weighted by Gasteiger charge is 2.13. The largest absolute Gasteiger partial charge is 0.497 e. The molecule has 2 rings (SSSR count). The van der Waals surface area contributed by atoms with Crippen molar-refractivity contribution in [2.75, 3.05) is 37.9 Å². The lowest BCUT2D eigenvalue weighted by Gasteiger charge is -2.23. The molecule has 3 N–H and O–H groups in total. The molecule has 0 aromatic heterocycles. The number of nitrogens with one attached hydrogen (secondary N) is 1. The summed E-state index contributed by atoms with van der Waals surface area (Å²) in [5.74, 6) is 1.37. The number of benzene rings is 1. The van der Waals surface area contributed by atoms with E-state index in [4.69, 9.17) is 15.2 Å². The van der Waals surface area contributed by atoms with Crippen molar-refractivity contribution in [2.24, 2.45) is 5.92 Å². The Kier molecular flexibility index (Phi) is 4.09. The summed E-state index contributed by atoms with van der Waals surface area (Å²) in [5, 5.41) is 3.37. The molecule has 94 valence electrons. The van der Waals surface area contributed by atoms with E-state index >= 15 is 0 Å². The van der Waals surface area contributed by atoms with Crippen LogP contribution in [0.5, 0.6) is 5.75 Å². The SMILES string of the molecule is COc1ccc(NCC2CCCOC2)c(N)c1. The van der Waals surface area contributed by atoms with Gasteiger partial charge in [-0.3, -0.25) is 0 Å². The van der Waals surface area contributed by atoms with Gasteiger partial charge in [0.15, 0.2) is 0 Å². The van der Waals surface area contributed by atoms with E-state index in [9.17, 15) is 0 Å². The Labute approximate surface area is 102 Å². The Hall–Kier alpha value is -1.42. The van der Waals surface area contributed by atoms with Crippen molar-refractivity contribution in [1.29, 1.82) is 0 Å². The van der Waals surface area contributed by atoms with E-state index in [1.165, 1.54) is 6.42 Å². The minimum absolute atomic E-state index is 0.588. The molecule has 1 atom stereocenters. The lowest BCUT2D eigenvalue weighted by Crippen LogP contribution is -2.24. The van der Waals surface area contributed by atoms with Crippen LogP contribution in [0, 0.1) is 5.92 Å². The average molecular weight is 236 g/mol. The van der Waals surface area contributed by atoms with E-state index in [1.807, 2.05) is 18.2 Å². The Balaban J connectivity index is 1.89. The molecule has 17 heavy (non-hydrogen) atoms. The fourth-order valence-electron chi connectivity index (χ4n) is 2.05. The summed E-state index contributed by atoms with van der Waals surface area (Å²) in [6.07, 6.45) is 2.38. The monoisotopic (exact) mass is 236 g/mol. The number of anilines is 2. The highest BCUT2D eigenvalue weighted by molar-refractivity contribution is 5.68. The van der Waals surface area contributed by atoms with Crippen LogP contribution in [0.1, 0.15) is 12.8 Å². The first-order valence-electron chi connectivity index (χ1n) is 6.04. The predicted molar refractivity (Wildman–Crippen MR) is 69.4 cm³/mol. The van der Waals surface area contributed by atoms with Gasteiger partial charge in [0.1, 0.15) is 5.75 Å². The first kappa shape index (κ1) is 12.0. The number of methoxy groups -OCH3 is 1. The summed E-state index contributed by atoms with van der Waals surface area (Å²) in [7, 11) is 1.64. The van der Waals surface area contributed by atoms with Crippen LogP contribution in [0.15, 0.2) is 18.2 Å². The maximum Gasteiger partial charge on any atom is 0.121 e. The lowest BCUT2D eigenvalue weighted by molar-refractivity contribution is 0.0595. The fraction of sp³-hybridized carbons (Fsp3) is 0.538. The van der Waals surface area contributed by atoms with Crippen LogP contribution in [0.2, 0.25) is 0 Å². The van der Waals surface area contributed by atoms with Gasteiger partial charge in [0.05, 0.1) is 25.1 Å². The van der Waals surface area contributed by atoms with Crippen LogP contribution >= 0.6 is 0 Å². The van der Waals surface area contributed by atoms with Crippen molar-refractivity contribution in [2.45, 2.75) is 12.8 Å². The Morgan fingerprint density at radius 2 is 2.41 bits per heavy atom. The number of hydrogen-bond donors (Lipinski definition) is 2. The summed E-state index contributed by atoms with van der Waals surface area (Å²) in [6, 6.07) is 5.70. The summed E-state index contributed by atoms with van der Waals surface area (Å²) >= 11 is 0. The van der Waals surface area contributed by atoms with Gasteiger partial charge in [0, 0.05) is 19.2 Å². The van der Waals surface area contributed by atoms with Crippen LogP contribution in [0.25, 0.3) is 0 Å². The Morgan fingerprint density at radius 3 is 3.06 bits per heavy atom. The van der Waals surface area contributed by atoms with Gasteiger partial charge in [-0.1, -0.05) is 0 Å². The van der Waals surface area contributed by atoms with Crippen molar-refractivity contribution in [3.63, 3.8) is 0 Å². The van der Waals surface area contributed by atoms with Crippen molar-refractivity contribution < 1.29 is 9.47 Å². The molecule has 0 saturated carbocycles. The van der Waals surface area contributed by atoms with Gasteiger partial charge in [0.25, 0.3) is 0 Å². The van der Waals surface area contributed by atoms with Crippen molar-refractivity contribution in [3.8, 4) is 5.75 Å². The molecule has 1 aliphatic rings. The molecule has 1 fully saturated rings. The van der Waals surface area contributed by atoms with Gasteiger partial charge in [-0.2, -0.15) is 0 Å². The van der Waals surface area contributed by atoms with Crippen LogP contribution in [-0.4, -0.2) is 26.9 Å². The minimum atomic E-state index is 0.588. The van der Waals surface area contributed by atoms with Gasteiger partial charge < -0.3 is 20.5 Å². The maximum atomic E-state index is 5.94. The van der Waals surface area contributed by atoms with E-state index in [0.29, 0.717) is 5.92 Å². The smallest absolute Gasteiger partial charge is 0.121 e. The second kappa shape index (κ2) is 5.77. The summed E-state index contributed by atoms with van der Waals surface area (Å²) in [4.78, 5) is 0. The second-order valence-electron chi connectivity index (χ2n) is 4.42. The number of nitrogens with two attached hydrogens (primary N) is 1. The van der Waals surface area contributed by atoms with Gasteiger partial charge in [-0.25, -0.2) is 0 Å². The molecule has 1 aromatic rings. The molecule has 1 unspecified atom stereocenters. The molecule has 1 saturated heterocycles. The number of nitrogen functional groups attached to an aromatic ring is 1. The minimum Gasteiger partial charge on any atom is -0.497 e. The lowest BCUT2D eigenvalue weighted by atomic mass is 10.0. The van der Waals surface area contributed by atoms with E-state index < -0.39 is 0 Å². The maximum absolute atomic E-state index is 5.94. The summed E-state index contributed by atoms with van der Waals surface area (Å²) in [5.41, 5.74) is 7.63. The topological polar surface area (TPSA) is 56.5 Å². The predicted octanol–water partition coefficient (Wildman–Crippen LogP) is 2.12. The number of ether oxygens (including phenoxy) is 2. The zero-order chi connectivity index (χ0) is 12.1. The third kappa shape index (κ3) is 3.27. The molecule has 4 heteroatoms. The second-order valence-corrected chi connectivity index (χ2v) is 4.42. The molecule has 0 aliphatic carbocycles. The van der Waals surface area contributed by atoms with Crippen LogP contribution < -0.4 is 15.8 Å². The Morgan fingerprint density at radius 1 is 1.53 bits per heavy atom. The zero-order valence-corrected chi connectivity index (χ0v) is 10.2. The third-order valence-electron chi connectivity index (χ3n) is 3.09. The normalized spacial score (nSPS) is 19.9.